The van der Waals surface area contributed by atoms with Crippen molar-refractivity contribution in [1.29, 1.82) is 0 Å². The van der Waals surface area contributed by atoms with Gasteiger partial charge in [-0.2, -0.15) is 0 Å². The molecule has 0 amide bonds. The van der Waals surface area contributed by atoms with E-state index in [9.17, 15) is 4.79 Å². The molecule has 0 radical (unpaired) electrons. The normalized spacial score (nSPS) is 21.0. The van der Waals surface area contributed by atoms with Crippen LogP contribution in [0.5, 0.6) is 11.6 Å². The monoisotopic (exact) mass is 319 g/mol. The number of aromatic nitrogens is 1. The predicted octanol–water partition coefficient (Wildman–Crippen LogP) is 4.77. The summed E-state index contributed by atoms with van der Waals surface area (Å²) >= 11 is 0. The van der Waals surface area contributed by atoms with E-state index in [1.54, 1.807) is 18.3 Å². The fourth-order valence-electron chi connectivity index (χ4n) is 3.23. The van der Waals surface area contributed by atoms with Gasteiger partial charge in [-0.15, -0.1) is 0 Å². The van der Waals surface area contributed by atoms with E-state index < -0.39 is 0 Å². The SMILES string of the molecule is CCCCCC1CCC(C(=O)Oc2ccc(OCC)nc2)CC1. The average molecular weight is 319 g/mol. The minimum Gasteiger partial charge on any atom is -0.478 e. The molecule has 0 bridgehead atoms. The Morgan fingerprint density at radius 1 is 1.17 bits per heavy atom. The number of ether oxygens (including phenoxy) is 2. The van der Waals surface area contributed by atoms with Gasteiger partial charge >= 0.3 is 5.97 Å². The Morgan fingerprint density at radius 2 is 1.96 bits per heavy atom. The number of unbranched alkanes of at least 4 members (excludes halogenated alkanes) is 2. The van der Waals surface area contributed by atoms with Gasteiger partial charge in [-0.05, 0) is 44.6 Å². The van der Waals surface area contributed by atoms with Crippen molar-refractivity contribution in [3.63, 3.8) is 0 Å². The molecule has 4 heteroatoms. The zero-order valence-electron chi connectivity index (χ0n) is 14.4. The third-order valence-corrected chi connectivity index (χ3v) is 4.62. The van der Waals surface area contributed by atoms with E-state index in [2.05, 4.69) is 11.9 Å². The fraction of sp³-hybridized carbons (Fsp3) is 0.684. The number of pyridine rings is 1. The molecule has 1 aromatic heterocycles. The molecule has 0 aliphatic heterocycles. The first kappa shape index (κ1) is 17.8. The summed E-state index contributed by atoms with van der Waals surface area (Å²) in [7, 11) is 0. The largest absolute Gasteiger partial charge is 0.478 e. The third kappa shape index (κ3) is 5.85. The molecule has 23 heavy (non-hydrogen) atoms. The highest BCUT2D eigenvalue weighted by molar-refractivity contribution is 5.75. The number of hydrogen-bond donors (Lipinski definition) is 0. The molecular weight excluding hydrogens is 290 g/mol. The van der Waals surface area contributed by atoms with Crippen molar-refractivity contribution in [2.45, 2.75) is 65.2 Å². The first-order valence-corrected chi connectivity index (χ1v) is 9.03. The lowest BCUT2D eigenvalue weighted by Crippen LogP contribution is -2.25. The van der Waals surface area contributed by atoms with E-state index >= 15 is 0 Å². The lowest BCUT2D eigenvalue weighted by molar-refractivity contribution is -0.140. The van der Waals surface area contributed by atoms with Gasteiger partial charge in [0.25, 0.3) is 0 Å². The first-order valence-electron chi connectivity index (χ1n) is 9.03. The van der Waals surface area contributed by atoms with Crippen LogP contribution in [0.1, 0.15) is 65.2 Å². The molecule has 0 aromatic carbocycles. The van der Waals surface area contributed by atoms with Crippen LogP contribution in [-0.2, 0) is 4.79 Å². The van der Waals surface area contributed by atoms with E-state index in [0.717, 1.165) is 31.6 Å². The van der Waals surface area contributed by atoms with Gasteiger partial charge in [-0.1, -0.05) is 32.6 Å². The van der Waals surface area contributed by atoms with Gasteiger partial charge in [0.1, 0.15) is 5.75 Å². The number of rotatable bonds is 8. The molecule has 1 heterocycles. The Balaban J connectivity index is 1.74. The van der Waals surface area contributed by atoms with E-state index in [0.29, 0.717) is 18.2 Å². The van der Waals surface area contributed by atoms with Crippen molar-refractivity contribution in [3.8, 4) is 11.6 Å². The molecule has 0 N–H and O–H groups in total. The molecule has 1 fully saturated rings. The molecule has 1 aliphatic rings. The number of hydrogen-bond acceptors (Lipinski definition) is 4. The number of carbonyl (C=O) groups is 1. The van der Waals surface area contributed by atoms with Gasteiger partial charge in [-0.25, -0.2) is 4.98 Å². The van der Waals surface area contributed by atoms with Crippen molar-refractivity contribution in [2.24, 2.45) is 11.8 Å². The minimum atomic E-state index is -0.108. The van der Waals surface area contributed by atoms with Crippen LogP contribution >= 0.6 is 0 Å². The zero-order chi connectivity index (χ0) is 16.5. The summed E-state index contributed by atoms with van der Waals surface area (Å²) in [5, 5.41) is 0. The van der Waals surface area contributed by atoms with Gasteiger partial charge in [0, 0.05) is 6.07 Å². The summed E-state index contributed by atoms with van der Waals surface area (Å²) in [4.78, 5) is 16.4. The van der Waals surface area contributed by atoms with E-state index in [-0.39, 0.29) is 11.9 Å². The highest BCUT2D eigenvalue weighted by atomic mass is 16.5. The summed E-state index contributed by atoms with van der Waals surface area (Å²) in [6.45, 7) is 4.73. The van der Waals surface area contributed by atoms with Crippen LogP contribution in [0.4, 0.5) is 0 Å². The van der Waals surface area contributed by atoms with Crippen LogP contribution in [0.2, 0.25) is 0 Å². The van der Waals surface area contributed by atoms with Crippen molar-refractivity contribution < 1.29 is 14.3 Å². The number of nitrogens with zero attached hydrogens (tertiary/aromatic N) is 1. The van der Waals surface area contributed by atoms with Crippen LogP contribution in [-0.4, -0.2) is 17.6 Å². The summed E-state index contributed by atoms with van der Waals surface area (Å²) in [6, 6.07) is 3.48. The maximum Gasteiger partial charge on any atom is 0.314 e. The topological polar surface area (TPSA) is 48.4 Å². The van der Waals surface area contributed by atoms with Crippen molar-refractivity contribution >= 4 is 5.97 Å². The number of esters is 1. The maximum atomic E-state index is 12.3. The molecule has 0 unspecified atom stereocenters. The second-order valence-electron chi connectivity index (χ2n) is 6.40. The molecule has 128 valence electrons. The van der Waals surface area contributed by atoms with Crippen LogP contribution < -0.4 is 9.47 Å². The Morgan fingerprint density at radius 3 is 2.57 bits per heavy atom. The summed E-state index contributed by atoms with van der Waals surface area (Å²) in [5.41, 5.74) is 0. The highest BCUT2D eigenvalue weighted by Gasteiger charge is 2.27. The minimum absolute atomic E-state index is 0.0454. The second-order valence-corrected chi connectivity index (χ2v) is 6.40. The first-order chi connectivity index (χ1) is 11.2. The summed E-state index contributed by atoms with van der Waals surface area (Å²) in [5.74, 6) is 1.80. The van der Waals surface area contributed by atoms with Gasteiger partial charge in [0.2, 0.25) is 5.88 Å². The van der Waals surface area contributed by atoms with Crippen LogP contribution in [0.25, 0.3) is 0 Å². The fourth-order valence-corrected chi connectivity index (χ4v) is 3.23. The summed E-state index contributed by atoms with van der Waals surface area (Å²) in [6.07, 6.45) is 11.0. The van der Waals surface area contributed by atoms with Gasteiger partial charge < -0.3 is 9.47 Å². The molecule has 1 aliphatic carbocycles. The van der Waals surface area contributed by atoms with E-state index in [4.69, 9.17) is 9.47 Å². The molecule has 4 nitrogen and oxygen atoms in total. The second kappa shape index (κ2) is 9.53. The lowest BCUT2D eigenvalue weighted by atomic mass is 9.80. The maximum absolute atomic E-state index is 12.3. The third-order valence-electron chi connectivity index (χ3n) is 4.62. The molecule has 1 saturated carbocycles. The van der Waals surface area contributed by atoms with Crippen LogP contribution in [0, 0.1) is 11.8 Å². The predicted molar refractivity (Wildman–Crippen MR) is 90.6 cm³/mol. The van der Waals surface area contributed by atoms with Crippen molar-refractivity contribution in [3.05, 3.63) is 18.3 Å². The molecule has 0 atom stereocenters. The Bertz CT molecular complexity index is 464. The smallest absolute Gasteiger partial charge is 0.314 e. The van der Waals surface area contributed by atoms with Crippen molar-refractivity contribution in [2.75, 3.05) is 6.61 Å². The Labute approximate surface area is 139 Å². The van der Waals surface area contributed by atoms with Crippen LogP contribution in [0.15, 0.2) is 18.3 Å². The lowest BCUT2D eigenvalue weighted by Gasteiger charge is -2.27. The molecule has 1 aromatic rings. The van der Waals surface area contributed by atoms with Crippen molar-refractivity contribution in [1.82, 2.24) is 4.98 Å². The van der Waals surface area contributed by atoms with Gasteiger partial charge in [0.15, 0.2) is 0 Å². The molecule has 0 saturated heterocycles. The zero-order valence-corrected chi connectivity index (χ0v) is 14.4. The van der Waals surface area contributed by atoms with E-state index in [1.807, 2.05) is 6.92 Å². The molecule has 2 rings (SSSR count). The Kier molecular flexibility index (Phi) is 7.37. The average Bonchev–Trinajstić information content (AvgIpc) is 2.58. The molecule has 0 spiro atoms. The standard InChI is InChI=1S/C19H29NO3/c1-3-5-6-7-15-8-10-16(11-9-15)19(21)23-17-12-13-18(20-14-17)22-4-2/h12-16H,3-11H2,1-2H3. The van der Waals surface area contributed by atoms with Gasteiger partial charge in [0.05, 0.1) is 18.7 Å². The van der Waals surface area contributed by atoms with Crippen LogP contribution in [0.3, 0.4) is 0 Å². The number of carbonyl (C=O) groups excluding carboxylic acids is 1. The summed E-state index contributed by atoms with van der Waals surface area (Å²) < 4.78 is 10.7. The highest BCUT2D eigenvalue weighted by Crippen LogP contribution is 2.33. The quantitative estimate of drug-likeness (QED) is 0.511. The Hall–Kier alpha value is -1.58. The molecular formula is C19H29NO3. The van der Waals surface area contributed by atoms with Gasteiger partial charge in [-0.3, -0.25) is 4.79 Å². The van der Waals surface area contributed by atoms with E-state index in [1.165, 1.54) is 25.7 Å².